The molecule has 0 aromatic heterocycles. The smallest absolute Gasteiger partial charge is 0.0694 e. The van der Waals surface area contributed by atoms with Gasteiger partial charge in [0.05, 0.1) is 12.2 Å². The highest BCUT2D eigenvalue weighted by atomic mass is 79.9. The van der Waals surface area contributed by atoms with E-state index < -0.39 is 0 Å². The largest absolute Gasteiger partial charge is 0.374 e. The van der Waals surface area contributed by atoms with E-state index in [4.69, 9.17) is 4.74 Å². The fourth-order valence-electron chi connectivity index (χ4n) is 2.33. The summed E-state index contributed by atoms with van der Waals surface area (Å²) in [5.74, 6) is 0. The lowest BCUT2D eigenvalue weighted by atomic mass is 9.83. The Kier molecular flexibility index (Phi) is 2.24. The first-order valence-electron chi connectivity index (χ1n) is 4.59. The predicted molar refractivity (Wildman–Crippen MR) is 49.1 cm³/mol. The second-order valence-electron chi connectivity index (χ2n) is 3.86. The zero-order valence-corrected chi connectivity index (χ0v) is 8.40. The van der Waals surface area contributed by atoms with Crippen molar-refractivity contribution in [2.45, 2.75) is 49.0 Å². The van der Waals surface area contributed by atoms with Crippen LogP contribution in [-0.4, -0.2) is 17.0 Å². The summed E-state index contributed by atoms with van der Waals surface area (Å²) in [4.78, 5) is 0.626. The van der Waals surface area contributed by atoms with Crippen molar-refractivity contribution in [2.75, 3.05) is 6.61 Å². The molecule has 0 unspecified atom stereocenters. The Balaban J connectivity index is 1.98. The molecule has 0 amide bonds. The molecule has 1 aliphatic carbocycles. The molecule has 2 fully saturated rings. The number of rotatable bonds is 0. The molecule has 1 nitrogen and oxygen atoms in total. The molecule has 1 atom stereocenters. The van der Waals surface area contributed by atoms with Gasteiger partial charge in [-0.05, 0) is 19.3 Å². The number of alkyl halides is 1. The summed E-state index contributed by atoms with van der Waals surface area (Å²) in [6.45, 7) is 0.931. The topological polar surface area (TPSA) is 9.23 Å². The minimum Gasteiger partial charge on any atom is -0.374 e. The lowest BCUT2D eigenvalue weighted by Crippen LogP contribution is -2.30. The summed E-state index contributed by atoms with van der Waals surface area (Å²) in [6, 6.07) is 0. The monoisotopic (exact) mass is 218 g/mol. The molecule has 1 spiro atoms. The SMILES string of the molecule is Br[C@H]1COC2(CCCCC2)C1. The normalized spacial score (nSPS) is 36.3. The first-order chi connectivity index (χ1) is 5.31. The van der Waals surface area contributed by atoms with Gasteiger partial charge in [-0.2, -0.15) is 0 Å². The lowest BCUT2D eigenvalue weighted by Gasteiger charge is -2.32. The van der Waals surface area contributed by atoms with Crippen LogP contribution in [0.4, 0.5) is 0 Å². The summed E-state index contributed by atoms with van der Waals surface area (Å²) < 4.78 is 5.85. The van der Waals surface area contributed by atoms with E-state index in [0.717, 1.165) is 6.61 Å². The highest BCUT2D eigenvalue weighted by Crippen LogP contribution is 2.41. The highest BCUT2D eigenvalue weighted by molar-refractivity contribution is 9.09. The lowest BCUT2D eigenvalue weighted by molar-refractivity contribution is -0.0242. The summed E-state index contributed by atoms with van der Waals surface area (Å²) in [5.41, 5.74) is 0.298. The first kappa shape index (κ1) is 8.06. The van der Waals surface area contributed by atoms with Crippen LogP contribution in [0.25, 0.3) is 0 Å². The van der Waals surface area contributed by atoms with Gasteiger partial charge in [0.1, 0.15) is 0 Å². The van der Waals surface area contributed by atoms with Crippen molar-refractivity contribution >= 4 is 15.9 Å². The molecule has 2 rings (SSSR count). The van der Waals surface area contributed by atoms with Crippen LogP contribution >= 0.6 is 15.9 Å². The third-order valence-electron chi connectivity index (χ3n) is 2.93. The van der Waals surface area contributed by atoms with Crippen LogP contribution < -0.4 is 0 Å². The summed E-state index contributed by atoms with van der Waals surface area (Å²) in [5, 5.41) is 0. The maximum Gasteiger partial charge on any atom is 0.0694 e. The van der Waals surface area contributed by atoms with Crippen molar-refractivity contribution in [3.63, 3.8) is 0 Å². The van der Waals surface area contributed by atoms with Crippen molar-refractivity contribution in [1.82, 2.24) is 0 Å². The molecule has 0 aromatic rings. The van der Waals surface area contributed by atoms with E-state index in [-0.39, 0.29) is 0 Å². The molecule has 2 heteroatoms. The molecule has 11 heavy (non-hydrogen) atoms. The first-order valence-corrected chi connectivity index (χ1v) is 5.50. The van der Waals surface area contributed by atoms with Crippen molar-refractivity contribution in [1.29, 1.82) is 0 Å². The van der Waals surface area contributed by atoms with Crippen LogP contribution in [0.3, 0.4) is 0 Å². The molecule has 0 N–H and O–H groups in total. The predicted octanol–water partition coefficient (Wildman–Crippen LogP) is 2.87. The highest BCUT2D eigenvalue weighted by Gasteiger charge is 2.39. The number of ether oxygens (including phenoxy) is 1. The van der Waals surface area contributed by atoms with Crippen molar-refractivity contribution in [3.8, 4) is 0 Å². The van der Waals surface area contributed by atoms with Gasteiger partial charge in [0, 0.05) is 4.83 Å². The molecule has 1 aliphatic heterocycles. The maximum atomic E-state index is 5.85. The number of hydrogen-bond acceptors (Lipinski definition) is 1. The molecule has 0 bridgehead atoms. The van der Waals surface area contributed by atoms with E-state index in [9.17, 15) is 0 Å². The summed E-state index contributed by atoms with van der Waals surface area (Å²) in [7, 11) is 0. The quantitative estimate of drug-likeness (QED) is 0.569. The van der Waals surface area contributed by atoms with E-state index in [1.165, 1.54) is 38.5 Å². The third-order valence-corrected chi connectivity index (χ3v) is 3.52. The summed E-state index contributed by atoms with van der Waals surface area (Å²) >= 11 is 3.62. The van der Waals surface area contributed by atoms with Gasteiger partial charge in [-0.3, -0.25) is 0 Å². The third kappa shape index (κ3) is 1.62. The second-order valence-corrected chi connectivity index (χ2v) is 5.15. The maximum absolute atomic E-state index is 5.85. The molecule has 1 saturated carbocycles. The summed E-state index contributed by atoms with van der Waals surface area (Å²) in [6.07, 6.45) is 8.01. The number of halogens is 1. The van der Waals surface area contributed by atoms with Gasteiger partial charge in [-0.25, -0.2) is 0 Å². The van der Waals surface area contributed by atoms with Gasteiger partial charge in [0.25, 0.3) is 0 Å². The molecule has 1 heterocycles. The fourth-order valence-corrected chi connectivity index (χ4v) is 3.06. The molecule has 2 aliphatic rings. The van der Waals surface area contributed by atoms with Crippen molar-refractivity contribution < 1.29 is 4.74 Å². The van der Waals surface area contributed by atoms with Crippen LogP contribution in [0.5, 0.6) is 0 Å². The van der Waals surface area contributed by atoms with E-state index in [1.54, 1.807) is 0 Å². The second kappa shape index (κ2) is 3.06. The Hall–Kier alpha value is 0.440. The Bertz CT molecular complexity index is 135. The van der Waals surface area contributed by atoms with Gasteiger partial charge >= 0.3 is 0 Å². The Morgan fingerprint density at radius 2 is 1.91 bits per heavy atom. The Morgan fingerprint density at radius 1 is 1.18 bits per heavy atom. The van der Waals surface area contributed by atoms with E-state index in [2.05, 4.69) is 15.9 Å². The Labute approximate surface area is 76.6 Å². The van der Waals surface area contributed by atoms with Gasteiger partial charge in [0.2, 0.25) is 0 Å². The average molecular weight is 219 g/mol. The minimum atomic E-state index is 0.298. The van der Waals surface area contributed by atoms with Crippen LogP contribution in [0.2, 0.25) is 0 Å². The standard InChI is InChI=1S/C9H15BrO/c10-8-6-9(11-7-8)4-2-1-3-5-9/h8H,1-7H2/t8-/m1/s1. The van der Waals surface area contributed by atoms with Gasteiger partial charge in [-0.1, -0.05) is 35.2 Å². The van der Waals surface area contributed by atoms with Gasteiger partial charge in [0.15, 0.2) is 0 Å². The average Bonchev–Trinajstić information content (AvgIpc) is 2.34. The van der Waals surface area contributed by atoms with Gasteiger partial charge in [-0.15, -0.1) is 0 Å². The molecule has 0 radical (unpaired) electrons. The molecule has 64 valence electrons. The molecular weight excluding hydrogens is 204 g/mol. The van der Waals surface area contributed by atoms with Crippen LogP contribution in [0.15, 0.2) is 0 Å². The van der Waals surface area contributed by atoms with E-state index >= 15 is 0 Å². The van der Waals surface area contributed by atoms with Gasteiger partial charge < -0.3 is 4.74 Å². The van der Waals surface area contributed by atoms with E-state index in [1.807, 2.05) is 0 Å². The molecule has 0 aromatic carbocycles. The molecular formula is C9H15BrO. The fraction of sp³-hybridized carbons (Fsp3) is 1.00. The van der Waals surface area contributed by atoms with Crippen molar-refractivity contribution in [2.24, 2.45) is 0 Å². The van der Waals surface area contributed by atoms with Crippen LogP contribution in [0.1, 0.15) is 38.5 Å². The van der Waals surface area contributed by atoms with Crippen molar-refractivity contribution in [3.05, 3.63) is 0 Å². The number of hydrogen-bond donors (Lipinski definition) is 0. The Morgan fingerprint density at radius 3 is 2.45 bits per heavy atom. The van der Waals surface area contributed by atoms with Crippen LogP contribution in [-0.2, 0) is 4.74 Å². The molecule has 1 saturated heterocycles. The van der Waals surface area contributed by atoms with Crippen LogP contribution in [0, 0.1) is 0 Å². The zero-order valence-electron chi connectivity index (χ0n) is 6.81. The zero-order chi connectivity index (χ0) is 7.73. The van der Waals surface area contributed by atoms with E-state index in [0.29, 0.717) is 10.4 Å². The minimum absolute atomic E-state index is 0.298.